The molecular weight excluding hydrogens is 386 g/mol. The average molecular weight is 420 g/mol. The van der Waals surface area contributed by atoms with Gasteiger partial charge in [-0.1, -0.05) is 6.92 Å². The molecule has 5 rings (SSSR count). The summed E-state index contributed by atoms with van der Waals surface area (Å²) in [6, 6.07) is 0. The topological polar surface area (TPSA) is 120 Å². The number of aliphatic hydroxyl groups excluding tert-OH is 1. The number of cyclic esters (lactones) is 1. The molecule has 0 spiro atoms. The van der Waals surface area contributed by atoms with Gasteiger partial charge in [0, 0.05) is 23.3 Å². The molecule has 0 saturated heterocycles. The van der Waals surface area contributed by atoms with E-state index in [-0.39, 0.29) is 35.6 Å². The first kappa shape index (κ1) is 20.5. The summed E-state index contributed by atoms with van der Waals surface area (Å²) in [5.74, 6) is -0.203. The molecule has 0 aromatic carbocycles. The largest absolute Gasteiger partial charge is 0.458 e. The van der Waals surface area contributed by atoms with Crippen molar-refractivity contribution in [2.75, 3.05) is 6.61 Å². The first-order chi connectivity index (χ1) is 14.2. The second-order valence-corrected chi connectivity index (χ2v) is 10.8. The van der Waals surface area contributed by atoms with Crippen LogP contribution in [0.2, 0.25) is 0 Å². The van der Waals surface area contributed by atoms with Gasteiger partial charge in [-0.25, -0.2) is 4.79 Å². The van der Waals surface area contributed by atoms with Crippen molar-refractivity contribution in [2.45, 2.75) is 82.0 Å². The van der Waals surface area contributed by atoms with Crippen LogP contribution >= 0.6 is 0 Å². The number of aliphatic hydroxyl groups is 3. The fourth-order valence-corrected chi connectivity index (χ4v) is 8.46. The summed E-state index contributed by atoms with van der Waals surface area (Å²) >= 11 is 0. The van der Waals surface area contributed by atoms with E-state index in [2.05, 4.69) is 12.1 Å². The zero-order valence-corrected chi connectivity index (χ0v) is 17.6. The van der Waals surface area contributed by atoms with Gasteiger partial charge in [-0.2, -0.15) is 0 Å². The number of hydrogen-bond acceptors (Lipinski definition) is 7. The Labute approximate surface area is 176 Å². The predicted molar refractivity (Wildman–Crippen MR) is 108 cm³/mol. The van der Waals surface area contributed by atoms with E-state index in [0.29, 0.717) is 38.7 Å². The standard InChI is InChI=1S/C23H33NO6/c1-20-6-3-17-18(23(20,28)9-5-16(20)14-10-19(26)30-12-14)4-8-22(27)11-15(25)2-7-21(17,22)13-24-29/h10,13,15-18,25,27-29H,2-9,11-12H2,1H3/b24-13+/t15-,16+,17-,18+,20+,21-,22-,23-/m0/s1. The minimum atomic E-state index is -1.12. The van der Waals surface area contributed by atoms with Crippen LogP contribution in [0.25, 0.3) is 0 Å². The lowest BCUT2D eigenvalue weighted by Crippen LogP contribution is -2.68. The number of rotatable bonds is 2. The number of fused-ring (bicyclic) bond motifs is 5. The summed E-state index contributed by atoms with van der Waals surface area (Å²) in [5, 5.41) is 47.0. The van der Waals surface area contributed by atoms with Crippen molar-refractivity contribution in [3.05, 3.63) is 11.6 Å². The maximum atomic E-state index is 12.2. The van der Waals surface area contributed by atoms with Crippen molar-refractivity contribution in [1.29, 1.82) is 0 Å². The van der Waals surface area contributed by atoms with Gasteiger partial charge in [0.1, 0.15) is 6.61 Å². The quantitative estimate of drug-likeness (QED) is 0.236. The Kier molecular flexibility index (Phi) is 4.45. The van der Waals surface area contributed by atoms with Crippen molar-refractivity contribution >= 4 is 12.2 Å². The highest BCUT2D eigenvalue weighted by Crippen LogP contribution is 2.70. The third kappa shape index (κ3) is 2.43. The molecule has 0 aromatic rings. The molecule has 0 aromatic heterocycles. The molecule has 1 aliphatic heterocycles. The van der Waals surface area contributed by atoms with Gasteiger partial charge >= 0.3 is 5.97 Å². The number of carbonyl (C=O) groups is 1. The van der Waals surface area contributed by atoms with Crippen LogP contribution in [0, 0.1) is 28.6 Å². The lowest BCUT2D eigenvalue weighted by molar-refractivity contribution is -0.237. The fraction of sp³-hybridized carbons (Fsp3) is 0.826. The summed E-state index contributed by atoms with van der Waals surface area (Å²) in [5.41, 5.74) is -2.11. The van der Waals surface area contributed by atoms with E-state index >= 15 is 0 Å². The molecule has 0 unspecified atom stereocenters. The van der Waals surface area contributed by atoms with Crippen molar-refractivity contribution in [3.8, 4) is 0 Å². The normalized spacial score (nSPS) is 53.1. The monoisotopic (exact) mass is 419 g/mol. The Morgan fingerprint density at radius 2 is 1.87 bits per heavy atom. The number of carbonyl (C=O) groups excluding carboxylic acids is 1. The molecule has 166 valence electrons. The van der Waals surface area contributed by atoms with E-state index in [1.54, 1.807) is 6.08 Å². The summed E-state index contributed by atoms with van der Waals surface area (Å²) in [4.78, 5) is 11.7. The number of hydrogen-bond donors (Lipinski definition) is 4. The van der Waals surface area contributed by atoms with Crippen molar-refractivity contribution in [2.24, 2.45) is 33.7 Å². The van der Waals surface area contributed by atoms with Crippen molar-refractivity contribution in [3.63, 3.8) is 0 Å². The lowest BCUT2D eigenvalue weighted by atomic mass is 9.41. The van der Waals surface area contributed by atoms with E-state index in [0.717, 1.165) is 24.8 Å². The van der Waals surface area contributed by atoms with Crippen LogP contribution in [0.3, 0.4) is 0 Å². The van der Waals surface area contributed by atoms with Crippen molar-refractivity contribution < 1.29 is 30.1 Å². The average Bonchev–Trinajstić information content (AvgIpc) is 3.23. The van der Waals surface area contributed by atoms with Crippen LogP contribution in [0.4, 0.5) is 0 Å². The number of oxime groups is 1. The second kappa shape index (κ2) is 6.53. The summed E-state index contributed by atoms with van der Waals surface area (Å²) in [7, 11) is 0. The SMILES string of the molecule is C[C@]12CC[C@H]3[C@@H](CC[C@]4(O)C[C@@H](O)CC[C@]34/C=N/O)[C@@]1(O)CC[C@@H]2C1=CC(=O)OC1. The maximum Gasteiger partial charge on any atom is 0.331 e. The molecular formula is C23H33NO6. The second-order valence-electron chi connectivity index (χ2n) is 10.8. The smallest absolute Gasteiger partial charge is 0.331 e. The molecule has 4 saturated carbocycles. The Balaban J connectivity index is 1.53. The molecule has 4 fully saturated rings. The molecule has 7 nitrogen and oxygen atoms in total. The number of esters is 1. The minimum absolute atomic E-state index is 0.00749. The Bertz CT molecular complexity index is 812. The van der Waals surface area contributed by atoms with Gasteiger partial charge in [0.25, 0.3) is 0 Å². The molecule has 5 aliphatic rings. The van der Waals surface area contributed by atoms with E-state index in [1.807, 2.05) is 0 Å². The van der Waals surface area contributed by atoms with Crippen LogP contribution in [0.1, 0.15) is 64.7 Å². The third-order valence-corrected chi connectivity index (χ3v) is 9.93. The molecule has 0 amide bonds. The summed E-state index contributed by atoms with van der Waals surface area (Å²) in [6.07, 6.45) is 8.20. The highest BCUT2D eigenvalue weighted by Gasteiger charge is 2.71. The fourth-order valence-electron chi connectivity index (χ4n) is 8.46. The lowest BCUT2D eigenvalue weighted by Gasteiger charge is -2.65. The molecule has 0 bridgehead atoms. The van der Waals surface area contributed by atoms with E-state index in [4.69, 9.17) is 4.74 Å². The van der Waals surface area contributed by atoms with Crippen LogP contribution in [0.15, 0.2) is 16.8 Å². The molecule has 7 heteroatoms. The third-order valence-electron chi connectivity index (χ3n) is 9.93. The van der Waals surface area contributed by atoms with E-state index in [9.17, 15) is 25.3 Å². The van der Waals surface area contributed by atoms with Crippen LogP contribution in [-0.2, 0) is 9.53 Å². The molecule has 1 heterocycles. The number of ether oxygens (including phenoxy) is 1. The molecule has 0 radical (unpaired) electrons. The maximum absolute atomic E-state index is 12.2. The van der Waals surface area contributed by atoms with Gasteiger partial charge in [-0.05, 0) is 74.7 Å². The van der Waals surface area contributed by atoms with E-state index in [1.165, 1.54) is 6.21 Å². The van der Waals surface area contributed by atoms with Crippen LogP contribution < -0.4 is 0 Å². The number of nitrogens with zero attached hydrogens (tertiary/aromatic N) is 1. The highest BCUT2D eigenvalue weighted by molar-refractivity contribution is 5.85. The van der Waals surface area contributed by atoms with Crippen LogP contribution in [0.5, 0.6) is 0 Å². The first-order valence-electron chi connectivity index (χ1n) is 11.4. The zero-order valence-electron chi connectivity index (χ0n) is 17.6. The van der Waals surface area contributed by atoms with Gasteiger partial charge < -0.3 is 25.3 Å². The Morgan fingerprint density at radius 1 is 1.10 bits per heavy atom. The zero-order chi connectivity index (χ0) is 21.4. The molecule has 30 heavy (non-hydrogen) atoms. The van der Waals surface area contributed by atoms with Gasteiger partial charge in [0.2, 0.25) is 0 Å². The van der Waals surface area contributed by atoms with Crippen molar-refractivity contribution in [1.82, 2.24) is 0 Å². The Morgan fingerprint density at radius 3 is 2.57 bits per heavy atom. The predicted octanol–water partition coefficient (Wildman–Crippen LogP) is 2.16. The van der Waals surface area contributed by atoms with Gasteiger partial charge in [0.15, 0.2) is 0 Å². The van der Waals surface area contributed by atoms with Gasteiger partial charge in [-0.15, -0.1) is 5.16 Å². The highest BCUT2D eigenvalue weighted by atomic mass is 16.5. The summed E-state index contributed by atoms with van der Waals surface area (Å²) < 4.78 is 5.17. The van der Waals surface area contributed by atoms with E-state index < -0.39 is 22.7 Å². The van der Waals surface area contributed by atoms with Gasteiger partial charge in [0.05, 0.1) is 23.5 Å². The molecule has 8 atom stereocenters. The Hall–Kier alpha value is -1.44. The molecule has 4 N–H and O–H groups in total. The minimum Gasteiger partial charge on any atom is -0.458 e. The first-order valence-corrected chi connectivity index (χ1v) is 11.4. The van der Waals surface area contributed by atoms with Gasteiger partial charge in [-0.3, -0.25) is 0 Å². The van der Waals surface area contributed by atoms with Crippen LogP contribution in [-0.4, -0.2) is 56.6 Å². The molecule has 4 aliphatic carbocycles. The summed E-state index contributed by atoms with van der Waals surface area (Å²) in [6.45, 7) is 2.48.